The molecular formula is C16H20N4O3. The lowest BCUT2D eigenvalue weighted by Gasteiger charge is -2.21. The molecule has 7 nitrogen and oxygen atoms in total. The molecule has 122 valence electrons. The van der Waals surface area contributed by atoms with Crippen LogP contribution in [0, 0.1) is 0 Å². The predicted molar refractivity (Wildman–Crippen MR) is 81.6 cm³/mol. The van der Waals surface area contributed by atoms with Crippen LogP contribution in [-0.4, -0.2) is 27.6 Å². The van der Waals surface area contributed by atoms with Gasteiger partial charge in [-0.1, -0.05) is 12.1 Å². The van der Waals surface area contributed by atoms with Crippen molar-refractivity contribution in [3.8, 4) is 0 Å². The first kappa shape index (κ1) is 15.6. The van der Waals surface area contributed by atoms with Gasteiger partial charge in [-0.25, -0.2) is 9.97 Å². The minimum absolute atomic E-state index is 0.00464. The van der Waals surface area contributed by atoms with E-state index in [0.29, 0.717) is 24.6 Å². The number of carbonyl (C=O) groups excluding carboxylic acids is 1. The zero-order valence-electron chi connectivity index (χ0n) is 13.1. The van der Waals surface area contributed by atoms with Gasteiger partial charge in [0.2, 0.25) is 0 Å². The van der Waals surface area contributed by atoms with Crippen molar-refractivity contribution >= 4 is 5.91 Å². The first-order chi connectivity index (χ1) is 11.3. The highest BCUT2D eigenvalue weighted by atomic mass is 16.5. The van der Waals surface area contributed by atoms with Crippen molar-refractivity contribution in [3.63, 3.8) is 0 Å². The second kappa shape index (κ2) is 7.32. The Balaban J connectivity index is 1.54. The van der Waals surface area contributed by atoms with Crippen LogP contribution in [0.15, 0.2) is 23.0 Å². The number of nitrogens with one attached hydrogen (secondary N) is 1. The Hall–Kier alpha value is -2.28. The number of carbonyl (C=O) groups is 1. The molecule has 1 aliphatic heterocycles. The Morgan fingerprint density at radius 3 is 2.83 bits per heavy atom. The minimum Gasteiger partial charge on any atom is -0.370 e. The van der Waals surface area contributed by atoms with Crippen molar-refractivity contribution in [2.75, 3.05) is 6.61 Å². The van der Waals surface area contributed by atoms with Crippen LogP contribution in [-0.2, 0) is 17.7 Å². The van der Waals surface area contributed by atoms with E-state index in [1.165, 1.54) is 0 Å². The molecular weight excluding hydrogens is 296 g/mol. The summed E-state index contributed by atoms with van der Waals surface area (Å²) in [6.45, 7) is 3.05. The molecule has 1 atom stereocenters. The van der Waals surface area contributed by atoms with E-state index < -0.39 is 0 Å². The van der Waals surface area contributed by atoms with Crippen LogP contribution < -0.4 is 5.32 Å². The molecule has 3 heterocycles. The second-order valence-corrected chi connectivity index (χ2v) is 5.52. The van der Waals surface area contributed by atoms with Crippen molar-refractivity contribution < 1.29 is 14.1 Å². The quantitative estimate of drug-likeness (QED) is 0.909. The first-order valence-electron chi connectivity index (χ1n) is 7.92. The second-order valence-electron chi connectivity index (χ2n) is 5.52. The van der Waals surface area contributed by atoms with E-state index in [4.69, 9.17) is 9.26 Å². The number of rotatable bonds is 5. The third kappa shape index (κ3) is 3.92. The van der Waals surface area contributed by atoms with E-state index in [0.717, 1.165) is 31.4 Å². The SMILES string of the molecule is CCc1cc(C(=O)NCc2cnc(C3CCCCO3)nc2)no1. The molecule has 7 heteroatoms. The standard InChI is InChI=1S/C16H20N4O3/c1-2-12-7-13(20-23-12)16(21)19-10-11-8-17-15(18-9-11)14-5-3-4-6-22-14/h7-9,14H,2-6,10H2,1H3,(H,19,21). The average Bonchev–Trinajstić information content (AvgIpc) is 3.10. The van der Waals surface area contributed by atoms with Gasteiger partial charge < -0.3 is 14.6 Å². The van der Waals surface area contributed by atoms with Gasteiger partial charge in [0.05, 0.1) is 0 Å². The summed E-state index contributed by atoms with van der Waals surface area (Å²) in [4.78, 5) is 20.7. The summed E-state index contributed by atoms with van der Waals surface area (Å²) in [5.41, 5.74) is 1.12. The van der Waals surface area contributed by atoms with Crippen molar-refractivity contribution in [3.05, 3.63) is 41.3 Å². The third-order valence-electron chi connectivity index (χ3n) is 3.79. The fourth-order valence-corrected chi connectivity index (χ4v) is 2.43. The zero-order valence-corrected chi connectivity index (χ0v) is 13.1. The smallest absolute Gasteiger partial charge is 0.273 e. The van der Waals surface area contributed by atoms with Crippen LogP contribution in [0.3, 0.4) is 0 Å². The van der Waals surface area contributed by atoms with Crippen LogP contribution in [0.1, 0.15) is 59.9 Å². The van der Waals surface area contributed by atoms with Gasteiger partial charge in [-0.3, -0.25) is 4.79 Å². The lowest BCUT2D eigenvalue weighted by molar-refractivity contribution is 0.00940. The molecule has 0 bridgehead atoms. The molecule has 0 radical (unpaired) electrons. The largest absolute Gasteiger partial charge is 0.370 e. The highest BCUT2D eigenvalue weighted by molar-refractivity contribution is 5.92. The molecule has 3 rings (SSSR count). The van der Waals surface area contributed by atoms with Crippen LogP contribution in [0.2, 0.25) is 0 Å². The summed E-state index contributed by atoms with van der Waals surface area (Å²) in [5.74, 6) is 1.13. The fourth-order valence-electron chi connectivity index (χ4n) is 2.43. The van der Waals surface area contributed by atoms with Gasteiger partial charge in [-0.15, -0.1) is 0 Å². The highest BCUT2D eigenvalue weighted by Crippen LogP contribution is 2.24. The van der Waals surface area contributed by atoms with Crippen LogP contribution >= 0.6 is 0 Å². The molecule has 0 spiro atoms. The Morgan fingerprint density at radius 1 is 1.35 bits per heavy atom. The van der Waals surface area contributed by atoms with Gasteiger partial charge in [0, 0.05) is 43.6 Å². The van der Waals surface area contributed by atoms with Gasteiger partial charge in [0.15, 0.2) is 11.5 Å². The molecule has 2 aromatic rings. The summed E-state index contributed by atoms with van der Waals surface area (Å²) >= 11 is 0. The fraction of sp³-hybridized carbons (Fsp3) is 0.500. The maximum atomic E-state index is 12.0. The normalized spacial score (nSPS) is 17.9. The summed E-state index contributed by atoms with van der Waals surface area (Å²) in [6, 6.07) is 1.65. The van der Waals surface area contributed by atoms with E-state index >= 15 is 0 Å². The number of hydrogen-bond donors (Lipinski definition) is 1. The summed E-state index contributed by atoms with van der Waals surface area (Å²) in [6.07, 6.45) is 7.35. The zero-order chi connectivity index (χ0) is 16.1. The van der Waals surface area contributed by atoms with E-state index in [1.807, 2.05) is 6.92 Å². The van der Waals surface area contributed by atoms with Crippen LogP contribution in [0.5, 0.6) is 0 Å². The van der Waals surface area contributed by atoms with Gasteiger partial charge in [-0.05, 0) is 19.3 Å². The maximum absolute atomic E-state index is 12.0. The van der Waals surface area contributed by atoms with Crippen molar-refractivity contribution in [1.29, 1.82) is 0 Å². The minimum atomic E-state index is -0.270. The lowest BCUT2D eigenvalue weighted by Crippen LogP contribution is -2.23. The number of aromatic nitrogens is 3. The number of nitrogens with zero attached hydrogens (tertiary/aromatic N) is 3. The molecule has 0 saturated carbocycles. The number of amides is 1. The van der Waals surface area contributed by atoms with Gasteiger partial charge in [0.1, 0.15) is 11.9 Å². The Kier molecular flexibility index (Phi) is 4.97. The Labute approximate surface area is 134 Å². The van der Waals surface area contributed by atoms with E-state index in [1.54, 1.807) is 18.5 Å². The highest BCUT2D eigenvalue weighted by Gasteiger charge is 2.18. The van der Waals surface area contributed by atoms with E-state index in [9.17, 15) is 4.79 Å². The van der Waals surface area contributed by atoms with Crippen LogP contribution in [0.25, 0.3) is 0 Å². The molecule has 1 fully saturated rings. The van der Waals surface area contributed by atoms with E-state index in [-0.39, 0.29) is 17.7 Å². The van der Waals surface area contributed by atoms with Gasteiger partial charge >= 0.3 is 0 Å². The molecule has 1 saturated heterocycles. The molecule has 23 heavy (non-hydrogen) atoms. The van der Waals surface area contributed by atoms with Gasteiger partial charge in [0.25, 0.3) is 5.91 Å². The third-order valence-corrected chi connectivity index (χ3v) is 3.79. The Morgan fingerprint density at radius 2 is 2.17 bits per heavy atom. The van der Waals surface area contributed by atoms with Crippen molar-refractivity contribution in [2.45, 2.75) is 45.3 Å². The molecule has 1 unspecified atom stereocenters. The van der Waals surface area contributed by atoms with E-state index in [2.05, 4.69) is 20.4 Å². The molecule has 2 aromatic heterocycles. The number of ether oxygens (including phenoxy) is 1. The van der Waals surface area contributed by atoms with Crippen molar-refractivity contribution in [1.82, 2.24) is 20.4 Å². The summed E-state index contributed by atoms with van der Waals surface area (Å²) in [7, 11) is 0. The predicted octanol–water partition coefficient (Wildman–Crippen LogP) is 2.20. The molecule has 0 aromatic carbocycles. The van der Waals surface area contributed by atoms with Crippen LogP contribution in [0.4, 0.5) is 0 Å². The molecule has 1 aliphatic rings. The first-order valence-corrected chi connectivity index (χ1v) is 7.92. The topological polar surface area (TPSA) is 90.1 Å². The molecule has 1 N–H and O–H groups in total. The summed E-state index contributed by atoms with van der Waals surface area (Å²) in [5, 5.41) is 6.52. The number of hydrogen-bond acceptors (Lipinski definition) is 6. The maximum Gasteiger partial charge on any atom is 0.273 e. The summed E-state index contributed by atoms with van der Waals surface area (Å²) < 4.78 is 10.7. The van der Waals surface area contributed by atoms with Crippen molar-refractivity contribution in [2.24, 2.45) is 0 Å². The average molecular weight is 316 g/mol. The Bertz CT molecular complexity index is 648. The lowest BCUT2D eigenvalue weighted by atomic mass is 10.1. The molecule has 0 aliphatic carbocycles. The molecule has 1 amide bonds. The monoisotopic (exact) mass is 316 g/mol. The number of aryl methyl sites for hydroxylation is 1. The van der Waals surface area contributed by atoms with Gasteiger partial charge in [-0.2, -0.15) is 0 Å².